The first-order valence-corrected chi connectivity index (χ1v) is 13.1. The van der Waals surface area contributed by atoms with Crippen LogP contribution in [-0.4, -0.2) is 71.1 Å². The minimum Gasteiger partial charge on any atom is -0.380 e. The highest BCUT2D eigenvalue weighted by Crippen LogP contribution is 2.49. The van der Waals surface area contributed by atoms with Gasteiger partial charge in [-0.05, 0) is 50.3 Å². The molecule has 1 saturated carbocycles. The van der Waals surface area contributed by atoms with Crippen LogP contribution in [0.3, 0.4) is 0 Å². The first-order chi connectivity index (χ1) is 17.6. The number of ether oxygens (including phenoxy) is 1. The summed E-state index contributed by atoms with van der Waals surface area (Å²) in [5, 5.41) is 0. The van der Waals surface area contributed by atoms with Gasteiger partial charge in [0.05, 0.1) is 37.1 Å². The average Bonchev–Trinajstić information content (AvgIpc) is 3.36. The summed E-state index contributed by atoms with van der Waals surface area (Å²) in [6, 6.07) is 0.942. The van der Waals surface area contributed by atoms with Gasteiger partial charge in [-0.1, -0.05) is 6.42 Å². The van der Waals surface area contributed by atoms with Gasteiger partial charge in [-0.25, -0.2) is 20.0 Å². The highest BCUT2D eigenvalue weighted by atomic mass is 19.4. The molecule has 3 aliphatic heterocycles. The van der Waals surface area contributed by atoms with Crippen molar-refractivity contribution in [2.24, 2.45) is 11.3 Å². The fraction of sp³-hybridized carbons (Fsp3) is 0.720. The molecule has 0 radical (unpaired) electrons. The largest absolute Gasteiger partial charge is 0.418 e. The molecule has 0 amide bonds. The van der Waals surface area contributed by atoms with Crippen LogP contribution in [0.5, 0.6) is 0 Å². The monoisotopic (exact) mass is 526 g/mol. The van der Waals surface area contributed by atoms with Crippen molar-refractivity contribution >= 4 is 5.52 Å². The van der Waals surface area contributed by atoms with E-state index < -0.39 is 23.6 Å². The van der Waals surface area contributed by atoms with Crippen molar-refractivity contribution in [2.75, 3.05) is 40.0 Å². The predicted molar refractivity (Wildman–Crippen MR) is 128 cm³/mol. The van der Waals surface area contributed by atoms with Crippen molar-refractivity contribution in [2.45, 2.75) is 63.2 Å². The Kier molecular flexibility index (Phi) is 6.38. The molecular weight excluding hydrogens is 492 g/mol. The Morgan fingerprint density at radius 2 is 1.97 bits per heavy atom. The Balaban J connectivity index is 1.29. The number of pyridine rings is 1. The zero-order chi connectivity index (χ0) is 25.9. The van der Waals surface area contributed by atoms with Gasteiger partial charge >= 0.3 is 11.9 Å². The van der Waals surface area contributed by atoms with E-state index in [1.165, 1.54) is 17.0 Å². The summed E-state index contributed by atoms with van der Waals surface area (Å²) in [5.41, 5.74) is 5.45. The second kappa shape index (κ2) is 9.33. The number of halogens is 4. The zero-order valence-corrected chi connectivity index (χ0v) is 20.9. The molecule has 3 saturated heterocycles. The highest BCUT2D eigenvalue weighted by Gasteiger charge is 2.49. The van der Waals surface area contributed by atoms with E-state index in [-0.39, 0.29) is 42.8 Å². The lowest BCUT2D eigenvalue weighted by Gasteiger charge is -2.51. The normalized spacial score (nSPS) is 29.5. The highest BCUT2D eigenvalue weighted by molar-refractivity contribution is 5.56. The summed E-state index contributed by atoms with van der Waals surface area (Å²) in [7, 11) is 2.06. The number of fused-ring (bicyclic) bond motifs is 1. The van der Waals surface area contributed by atoms with Crippen molar-refractivity contribution < 1.29 is 22.3 Å². The van der Waals surface area contributed by atoms with Gasteiger partial charge in [-0.3, -0.25) is 18.8 Å². The fourth-order valence-electron chi connectivity index (χ4n) is 6.69. The zero-order valence-electron chi connectivity index (χ0n) is 20.9. The molecular formula is C25H34F4N6O2. The van der Waals surface area contributed by atoms with Crippen molar-refractivity contribution in [3.8, 4) is 0 Å². The van der Waals surface area contributed by atoms with Gasteiger partial charge in [0.2, 0.25) is 0 Å². The molecule has 0 aromatic carbocycles. The number of hydrogen-bond donors (Lipinski definition) is 2. The third kappa shape index (κ3) is 4.60. The molecule has 0 bridgehead atoms. The van der Waals surface area contributed by atoms with E-state index in [0.29, 0.717) is 24.7 Å². The molecule has 204 valence electrons. The van der Waals surface area contributed by atoms with Crippen LogP contribution >= 0.6 is 0 Å². The molecule has 2 aromatic heterocycles. The first-order valence-electron chi connectivity index (χ1n) is 13.1. The fourth-order valence-corrected chi connectivity index (χ4v) is 6.69. The molecule has 8 nitrogen and oxygen atoms in total. The van der Waals surface area contributed by atoms with Gasteiger partial charge in [-0.2, -0.15) is 13.2 Å². The lowest BCUT2D eigenvalue weighted by molar-refractivity contribution is -0.167. The second-order valence-corrected chi connectivity index (χ2v) is 11.5. The first kappa shape index (κ1) is 25.3. The number of nitrogens with zero attached hydrogens (tertiary/aromatic N) is 4. The summed E-state index contributed by atoms with van der Waals surface area (Å²) in [5.74, 6) is 0.323. The summed E-state index contributed by atoms with van der Waals surface area (Å²) in [6.07, 6.45) is 1.88. The minimum absolute atomic E-state index is 0.00478. The van der Waals surface area contributed by atoms with Gasteiger partial charge in [0.1, 0.15) is 6.17 Å². The van der Waals surface area contributed by atoms with Gasteiger partial charge in [-0.15, -0.1) is 0 Å². The molecule has 3 atom stereocenters. The number of alkyl halides is 4. The third-order valence-electron chi connectivity index (χ3n) is 8.89. The number of hydrogen-bond acceptors (Lipinski definition) is 6. The average molecular weight is 527 g/mol. The Morgan fingerprint density at radius 1 is 1.19 bits per heavy atom. The molecule has 12 heteroatoms. The predicted octanol–water partition coefficient (Wildman–Crippen LogP) is 2.73. The van der Waals surface area contributed by atoms with E-state index in [9.17, 15) is 22.4 Å². The summed E-state index contributed by atoms with van der Waals surface area (Å²) < 4.78 is 63.7. The summed E-state index contributed by atoms with van der Waals surface area (Å²) >= 11 is 0. The van der Waals surface area contributed by atoms with Crippen LogP contribution in [0.4, 0.5) is 17.6 Å². The van der Waals surface area contributed by atoms with Crippen LogP contribution < -0.4 is 16.5 Å². The quantitative estimate of drug-likeness (QED) is 0.565. The van der Waals surface area contributed by atoms with Crippen LogP contribution in [0.15, 0.2) is 23.3 Å². The number of imidazole rings is 1. The molecule has 1 aliphatic carbocycles. The van der Waals surface area contributed by atoms with Crippen molar-refractivity contribution in [3.05, 3.63) is 40.1 Å². The third-order valence-corrected chi connectivity index (χ3v) is 8.89. The Morgan fingerprint density at radius 3 is 2.59 bits per heavy atom. The topological polar surface area (TPSA) is 66.2 Å². The Hall–Kier alpha value is -1.99. The van der Waals surface area contributed by atoms with Gasteiger partial charge in [0.25, 0.3) is 0 Å². The summed E-state index contributed by atoms with van der Waals surface area (Å²) in [6.45, 7) is 2.68. The van der Waals surface area contributed by atoms with E-state index >= 15 is 0 Å². The maximum absolute atomic E-state index is 14.0. The van der Waals surface area contributed by atoms with Crippen LogP contribution in [0.25, 0.3) is 5.52 Å². The summed E-state index contributed by atoms with van der Waals surface area (Å²) in [4.78, 5) is 17.4. The van der Waals surface area contributed by atoms with Crippen LogP contribution in [0.2, 0.25) is 0 Å². The number of aromatic nitrogens is 2. The molecule has 5 heterocycles. The number of hydrazine groups is 1. The van der Waals surface area contributed by atoms with Crippen LogP contribution in [0, 0.1) is 11.3 Å². The molecule has 4 fully saturated rings. The Labute approximate surface area is 212 Å². The standard InChI is InChI=1S/C25H34F4N6O2/c1-32-15-30-31-22(32)7-24(13-37-14-24)17-3-2-4-19(6-17)34-12-21-20(25(27,28)29)5-16(9-35(21)23(34)36)8-33-10-18(26)11-33/h5,9,12,17-19,22,30-31H,2-4,6-8,10-11,13-15H2,1H3. The molecule has 4 aliphatic rings. The maximum atomic E-state index is 14.0. The molecule has 6 rings (SSSR count). The van der Waals surface area contributed by atoms with Crippen molar-refractivity contribution in [1.29, 1.82) is 0 Å². The molecule has 2 N–H and O–H groups in total. The molecule has 3 unspecified atom stereocenters. The van der Waals surface area contributed by atoms with Crippen LogP contribution in [0.1, 0.15) is 49.3 Å². The van der Waals surface area contributed by atoms with Gasteiger partial charge in [0.15, 0.2) is 0 Å². The van der Waals surface area contributed by atoms with E-state index in [1.54, 1.807) is 4.90 Å². The lowest BCUT2D eigenvalue weighted by Crippen LogP contribution is -2.54. The number of rotatable bonds is 6. The maximum Gasteiger partial charge on any atom is 0.418 e. The van der Waals surface area contributed by atoms with E-state index in [0.717, 1.165) is 49.2 Å². The smallest absolute Gasteiger partial charge is 0.380 e. The number of nitrogens with one attached hydrogen (secondary N) is 2. The van der Waals surface area contributed by atoms with E-state index in [4.69, 9.17) is 4.74 Å². The van der Waals surface area contributed by atoms with Crippen molar-refractivity contribution in [1.82, 2.24) is 29.6 Å². The molecule has 2 aromatic rings. The SMILES string of the molecule is CN1CNNC1CC1(C2CCCC(n3cc4c(C(F)(F)F)cc(CN5CC(F)C5)cn4c3=O)C2)COC1. The Bertz CT molecular complexity index is 1200. The van der Waals surface area contributed by atoms with Crippen LogP contribution in [-0.2, 0) is 17.5 Å². The van der Waals surface area contributed by atoms with Crippen molar-refractivity contribution in [3.63, 3.8) is 0 Å². The molecule has 0 spiro atoms. The van der Waals surface area contributed by atoms with Gasteiger partial charge in [0, 0.05) is 43.5 Å². The lowest BCUT2D eigenvalue weighted by atomic mass is 9.64. The second-order valence-electron chi connectivity index (χ2n) is 11.5. The van der Waals surface area contributed by atoms with Gasteiger partial charge < -0.3 is 4.74 Å². The van der Waals surface area contributed by atoms with E-state index in [1.807, 2.05) is 0 Å². The molecule has 37 heavy (non-hydrogen) atoms. The minimum atomic E-state index is -4.60. The number of likely N-dealkylation sites (tertiary alicyclic amines) is 1. The van der Waals surface area contributed by atoms with E-state index in [2.05, 4.69) is 22.8 Å².